The number of unbranched alkanes of at least 4 members (excludes halogenated alkanes) is 3. The van der Waals surface area contributed by atoms with Gasteiger partial charge >= 0.3 is 6.09 Å². The van der Waals surface area contributed by atoms with Gasteiger partial charge in [-0.25, -0.2) is 4.79 Å². The van der Waals surface area contributed by atoms with Crippen molar-refractivity contribution in [1.29, 1.82) is 0 Å². The number of hydrogen-bond acceptors (Lipinski definition) is 2. The van der Waals surface area contributed by atoms with Gasteiger partial charge < -0.3 is 10.1 Å². The van der Waals surface area contributed by atoms with Crippen LogP contribution in [0.3, 0.4) is 0 Å². The van der Waals surface area contributed by atoms with Crippen LogP contribution in [-0.2, 0) is 4.74 Å². The van der Waals surface area contributed by atoms with E-state index < -0.39 is 0 Å². The summed E-state index contributed by atoms with van der Waals surface area (Å²) in [5.41, 5.74) is 2.90. The summed E-state index contributed by atoms with van der Waals surface area (Å²) in [6.45, 7) is 20.3. The molecule has 0 aliphatic heterocycles. The smallest absolute Gasteiger partial charge is 0.407 e. The zero-order valence-corrected chi connectivity index (χ0v) is 28.5. The van der Waals surface area contributed by atoms with Gasteiger partial charge in [-0.15, -0.1) is 0 Å². The van der Waals surface area contributed by atoms with Crippen molar-refractivity contribution in [3.8, 4) is 0 Å². The number of rotatable bonds is 12. The summed E-state index contributed by atoms with van der Waals surface area (Å²) >= 11 is 0. The second-order valence-corrected chi connectivity index (χ2v) is 17.2. The van der Waals surface area contributed by atoms with Crippen LogP contribution in [0.15, 0.2) is 11.6 Å². The quantitative estimate of drug-likeness (QED) is 0.187. The van der Waals surface area contributed by atoms with E-state index in [1.165, 1.54) is 83.5 Å². The second-order valence-electron chi connectivity index (χ2n) is 17.2. The van der Waals surface area contributed by atoms with E-state index in [0.29, 0.717) is 16.2 Å². The Kier molecular flexibility index (Phi) is 11.0. The molecule has 0 aromatic heterocycles. The average Bonchev–Trinajstić information content (AvgIpc) is 3.24. The van der Waals surface area contributed by atoms with Gasteiger partial charge in [0.15, 0.2) is 0 Å². The Morgan fingerprint density at radius 3 is 2.44 bits per heavy atom. The minimum Gasteiger partial charge on any atom is -0.446 e. The van der Waals surface area contributed by atoms with Crippen LogP contribution in [-0.4, -0.2) is 18.7 Å². The average molecular weight is 570 g/mol. The van der Waals surface area contributed by atoms with Gasteiger partial charge in [0, 0.05) is 13.0 Å². The predicted molar refractivity (Wildman–Crippen MR) is 174 cm³/mol. The topological polar surface area (TPSA) is 38.3 Å². The number of carbonyl (C=O) groups excluding carboxylic acids is 1. The third-order valence-corrected chi connectivity index (χ3v) is 12.7. The lowest BCUT2D eigenvalue weighted by Gasteiger charge is -2.58. The van der Waals surface area contributed by atoms with Crippen molar-refractivity contribution in [2.45, 2.75) is 164 Å². The molecule has 1 N–H and O–H groups in total. The van der Waals surface area contributed by atoms with Crippen LogP contribution in [0.5, 0.6) is 0 Å². The van der Waals surface area contributed by atoms with Crippen LogP contribution in [0.25, 0.3) is 0 Å². The van der Waals surface area contributed by atoms with Crippen molar-refractivity contribution in [2.24, 2.45) is 51.8 Å². The van der Waals surface area contributed by atoms with Crippen LogP contribution >= 0.6 is 0 Å². The van der Waals surface area contributed by atoms with Crippen LogP contribution < -0.4 is 5.32 Å². The maximum Gasteiger partial charge on any atom is 0.407 e. The van der Waals surface area contributed by atoms with Crippen molar-refractivity contribution in [3.05, 3.63) is 11.6 Å². The van der Waals surface area contributed by atoms with Gasteiger partial charge in [0.1, 0.15) is 6.10 Å². The Hall–Kier alpha value is -0.990. The van der Waals surface area contributed by atoms with E-state index in [0.717, 1.165) is 61.3 Å². The molecule has 236 valence electrons. The molecule has 0 aromatic carbocycles. The Labute approximate surface area is 254 Å². The fourth-order valence-electron chi connectivity index (χ4n) is 10.3. The molecule has 4 rings (SSSR count). The Balaban J connectivity index is 1.25. The molecular formula is C38H67NO2. The summed E-state index contributed by atoms with van der Waals surface area (Å²) in [6.07, 6.45) is 22.9. The number of carbonyl (C=O) groups is 1. The Morgan fingerprint density at radius 1 is 0.951 bits per heavy atom. The van der Waals surface area contributed by atoms with Gasteiger partial charge in [0.25, 0.3) is 0 Å². The van der Waals surface area contributed by atoms with Crippen LogP contribution in [0.1, 0.15) is 158 Å². The molecule has 0 aromatic rings. The zero-order valence-electron chi connectivity index (χ0n) is 28.5. The summed E-state index contributed by atoms with van der Waals surface area (Å²) in [5, 5.41) is 3.04. The molecule has 41 heavy (non-hydrogen) atoms. The maximum absolute atomic E-state index is 12.6. The molecule has 0 heterocycles. The number of nitrogens with one attached hydrogen (secondary N) is 1. The molecule has 4 aliphatic carbocycles. The first-order valence-electron chi connectivity index (χ1n) is 18.0. The third kappa shape index (κ3) is 7.94. The van der Waals surface area contributed by atoms with E-state index in [2.05, 4.69) is 66.8 Å². The minimum atomic E-state index is -0.199. The monoisotopic (exact) mass is 570 g/mol. The summed E-state index contributed by atoms with van der Waals surface area (Å²) < 4.78 is 5.98. The second kappa shape index (κ2) is 13.8. The molecule has 8 atom stereocenters. The molecule has 0 saturated heterocycles. The molecule has 0 spiro atoms. The minimum absolute atomic E-state index is 0.0501. The lowest BCUT2D eigenvalue weighted by Crippen LogP contribution is -2.51. The van der Waals surface area contributed by atoms with Crippen molar-refractivity contribution in [3.63, 3.8) is 0 Å². The summed E-state index contributed by atoms with van der Waals surface area (Å²) in [4.78, 5) is 12.6. The molecule has 3 unspecified atom stereocenters. The van der Waals surface area contributed by atoms with Gasteiger partial charge in [0.05, 0.1) is 0 Å². The van der Waals surface area contributed by atoms with Crippen molar-refractivity contribution < 1.29 is 9.53 Å². The fourth-order valence-corrected chi connectivity index (χ4v) is 10.3. The number of alkyl carbamates (subject to hydrolysis) is 1. The molecular weight excluding hydrogens is 502 g/mol. The van der Waals surface area contributed by atoms with E-state index in [1.807, 2.05) is 0 Å². The van der Waals surface area contributed by atoms with Crippen molar-refractivity contribution in [2.75, 3.05) is 6.54 Å². The normalized spacial score (nSPS) is 35.7. The van der Waals surface area contributed by atoms with Gasteiger partial charge in [-0.1, -0.05) is 106 Å². The number of ether oxygens (including phenoxy) is 1. The van der Waals surface area contributed by atoms with Crippen molar-refractivity contribution in [1.82, 2.24) is 5.32 Å². The van der Waals surface area contributed by atoms with Crippen LogP contribution in [0.2, 0.25) is 0 Å². The molecule has 3 saturated carbocycles. The molecule has 0 radical (unpaired) electrons. The molecule has 3 nitrogen and oxygen atoms in total. The highest BCUT2D eigenvalue weighted by atomic mass is 16.6. The van der Waals surface area contributed by atoms with Gasteiger partial charge in [-0.3, -0.25) is 0 Å². The van der Waals surface area contributed by atoms with Gasteiger partial charge in [-0.05, 0) is 110 Å². The van der Waals surface area contributed by atoms with E-state index in [4.69, 9.17) is 4.74 Å². The first kappa shape index (κ1) is 32.9. The number of amides is 1. The molecule has 4 aliphatic rings. The first-order valence-corrected chi connectivity index (χ1v) is 18.0. The largest absolute Gasteiger partial charge is 0.446 e. The van der Waals surface area contributed by atoms with E-state index in [9.17, 15) is 4.79 Å². The third-order valence-electron chi connectivity index (χ3n) is 12.7. The number of fused-ring (bicyclic) bond motifs is 5. The van der Waals surface area contributed by atoms with E-state index in [1.54, 1.807) is 5.57 Å². The predicted octanol–water partition coefficient (Wildman–Crippen LogP) is 11.1. The lowest BCUT2D eigenvalue weighted by atomic mass is 9.47. The first-order chi connectivity index (χ1) is 19.3. The maximum atomic E-state index is 12.6. The molecule has 3 heteroatoms. The number of hydrogen-bond donors (Lipinski definition) is 1. The summed E-state index contributed by atoms with van der Waals surface area (Å²) in [5.74, 6) is 5.22. The van der Waals surface area contributed by atoms with E-state index in [-0.39, 0.29) is 12.2 Å². The Bertz CT molecular complexity index is 885. The standard InChI is InChI=1S/C38H67NO2/c1-27(2)14-13-15-28(3)32-18-19-33-31-17-16-29-26-30(20-23-37(29,7)34(31)21-24-38(32,33)8)41-35(40)39-25-12-10-9-11-22-36(4,5)6/h16,27-28,30-34H,9-15,17-26H2,1-8H3,(H,39,40)/t28-,30+,31?,32-,33?,34?,37+,38-/m1/s1. The molecule has 3 fully saturated rings. The molecule has 0 bridgehead atoms. The van der Waals surface area contributed by atoms with Crippen LogP contribution in [0.4, 0.5) is 4.79 Å². The highest BCUT2D eigenvalue weighted by molar-refractivity contribution is 5.67. The zero-order chi connectivity index (χ0) is 29.8. The Morgan fingerprint density at radius 2 is 1.71 bits per heavy atom. The molecule has 1 amide bonds. The fraction of sp³-hybridized carbons (Fsp3) is 0.921. The highest BCUT2D eigenvalue weighted by Crippen LogP contribution is 2.67. The SMILES string of the molecule is CC(C)CCC[C@@H](C)[C@H]1CCC2C3CC=C4C[C@@H](OC(=O)NCCCCCCC(C)(C)C)CC[C@]4(C)C3CC[C@@]21C. The van der Waals surface area contributed by atoms with Crippen LogP contribution in [0, 0.1) is 51.8 Å². The van der Waals surface area contributed by atoms with E-state index >= 15 is 0 Å². The summed E-state index contributed by atoms with van der Waals surface area (Å²) in [6, 6.07) is 0. The lowest BCUT2D eigenvalue weighted by molar-refractivity contribution is -0.0581. The highest BCUT2D eigenvalue weighted by Gasteiger charge is 2.59. The van der Waals surface area contributed by atoms with Gasteiger partial charge in [-0.2, -0.15) is 0 Å². The number of allylic oxidation sites excluding steroid dienone is 1. The van der Waals surface area contributed by atoms with Crippen molar-refractivity contribution >= 4 is 6.09 Å². The van der Waals surface area contributed by atoms with Gasteiger partial charge in [0.2, 0.25) is 0 Å². The summed E-state index contributed by atoms with van der Waals surface area (Å²) in [7, 11) is 0.